The van der Waals surface area contributed by atoms with E-state index in [-0.39, 0.29) is 13.2 Å². The number of carbonyl (C=O) groups is 1. The Morgan fingerprint density at radius 2 is 1.64 bits per heavy atom. The van der Waals surface area contributed by atoms with Crippen LogP contribution >= 0.6 is 0 Å². The smallest absolute Gasteiger partial charge is 0.346 e. The Balaban J connectivity index is 4.14. The van der Waals surface area contributed by atoms with Gasteiger partial charge in [-0.15, -0.1) is 0 Å². The molecule has 0 aliphatic heterocycles. The van der Waals surface area contributed by atoms with E-state index in [0.29, 0.717) is 0 Å². The number of ketones is 1. The van der Waals surface area contributed by atoms with Crippen LogP contribution in [0, 0.1) is 0 Å². The van der Waals surface area contributed by atoms with Gasteiger partial charge in [-0.1, -0.05) is 0 Å². The molecule has 0 fully saturated rings. The second-order valence-corrected chi connectivity index (χ2v) is 2.50. The van der Waals surface area contributed by atoms with E-state index in [2.05, 4.69) is 0 Å². The summed E-state index contributed by atoms with van der Waals surface area (Å²) in [6, 6.07) is 0. The molecule has 0 spiro atoms. The highest BCUT2D eigenvalue weighted by Gasteiger charge is 2.35. The van der Waals surface area contributed by atoms with E-state index in [1.165, 1.54) is 0 Å². The number of rotatable bonds is 6. The van der Waals surface area contributed by atoms with E-state index in [1.807, 2.05) is 0 Å². The third-order valence-corrected chi connectivity index (χ3v) is 1.27. The molecule has 0 aliphatic carbocycles. The Morgan fingerprint density at radius 3 is 1.93 bits per heavy atom. The lowest BCUT2D eigenvalue weighted by atomic mass is 10.2. The monoisotopic (exact) mass is 214 g/mol. The minimum Gasteiger partial charge on any atom is -0.346 e. The van der Waals surface area contributed by atoms with Gasteiger partial charge in [-0.05, 0) is 13.8 Å². The van der Waals surface area contributed by atoms with Crippen LogP contribution in [0.3, 0.4) is 0 Å². The van der Waals surface area contributed by atoms with Gasteiger partial charge in [-0.25, -0.2) is 0 Å². The predicted molar refractivity (Wildman–Crippen MR) is 42.7 cm³/mol. The van der Waals surface area contributed by atoms with Crippen LogP contribution in [0.4, 0.5) is 13.2 Å². The summed E-state index contributed by atoms with van der Waals surface area (Å²) in [7, 11) is 0. The molecule has 0 radical (unpaired) electrons. The Morgan fingerprint density at radius 1 is 1.21 bits per heavy atom. The van der Waals surface area contributed by atoms with E-state index in [0.717, 1.165) is 0 Å². The minimum absolute atomic E-state index is 0.133. The van der Waals surface area contributed by atoms with Gasteiger partial charge in [0.25, 0.3) is 0 Å². The number of hydrogen-bond acceptors (Lipinski definition) is 3. The first kappa shape index (κ1) is 13.4. The van der Waals surface area contributed by atoms with Gasteiger partial charge < -0.3 is 9.47 Å². The van der Waals surface area contributed by atoms with Crippen molar-refractivity contribution in [3.05, 3.63) is 0 Å². The quantitative estimate of drug-likeness (QED) is 0.633. The molecular formula is C8H13F3O3. The van der Waals surface area contributed by atoms with Crippen LogP contribution in [0.15, 0.2) is 0 Å². The van der Waals surface area contributed by atoms with Crippen LogP contribution < -0.4 is 0 Å². The van der Waals surface area contributed by atoms with Crippen molar-refractivity contribution in [2.75, 3.05) is 13.2 Å². The number of ether oxygens (including phenoxy) is 2. The summed E-state index contributed by atoms with van der Waals surface area (Å²) in [6.07, 6.45) is -7.42. The first-order valence-corrected chi connectivity index (χ1v) is 4.23. The summed E-state index contributed by atoms with van der Waals surface area (Å²) < 4.78 is 44.9. The first-order valence-electron chi connectivity index (χ1n) is 4.23. The second-order valence-electron chi connectivity index (χ2n) is 2.50. The summed E-state index contributed by atoms with van der Waals surface area (Å²) >= 11 is 0. The maximum absolute atomic E-state index is 11.8. The standard InChI is InChI=1S/C8H13F3O3/c1-3-13-7(14-4-2)6(12)5-8(9,10)11/h7H,3-5H2,1-2H3. The fourth-order valence-electron chi connectivity index (χ4n) is 0.818. The molecule has 0 unspecified atom stereocenters. The highest BCUT2D eigenvalue weighted by molar-refractivity contribution is 5.82. The van der Waals surface area contributed by atoms with Gasteiger partial charge in [-0.3, -0.25) is 4.79 Å². The zero-order chi connectivity index (χ0) is 11.2. The highest BCUT2D eigenvalue weighted by Crippen LogP contribution is 2.21. The molecule has 0 amide bonds. The van der Waals surface area contributed by atoms with E-state index in [1.54, 1.807) is 13.8 Å². The summed E-state index contributed by atoms with van der Waals surface area (Å²) in [4.78, 5) is 11.0. The summed E-state index contributed by atoms with van der Waals surface area (Å²) in [5.74, 6) is -1.10. The molecule has 6 heteroatoms. The number of hydrogen-bond donors (Lipinski definition) is 0. The Labute approximate surface area is 80.2 Å². The molecule has 0 saturated carbocycles. The molecule has 0 rings (SSSR count). The van der Waals surface area contributed by atoms with Crippen molar-refractivity contribution in [1.29, 1.82) is 0 Å². The Hall–Kier alpha value is -0.620. The topological polar surface area (TPSA) is 35.5 Å². The van der Waals surface area contributed by atoms with Crippen molar-refractivity contribution in [3.63, 3.8) is 0 Å². The maximum atomic E-state index is 11.8. The largest absolute Gasteiger partial charge is 0.396 e. The fraction of sp³-hybridized carbons (Fsp3) is 0.875. The zero-order valence-corrected chi connectivity index (χ0v) is 8.06. The maximum Gasteiger partial charge on any atom is 0.396 e. The van der Waals surface area contributed by atoms with E-state index in [4.69, 9.17) is 9.47 Å². The van der Waals surface area contributed by atoms with Crippen molar-refractivity contribution in [2.24, 2.45) is 0 Å². The molecule has 0 N–H and O–H groups in total. The van der Waals surface area contributed by atoms with E-state index >= 15 is 0 Å². The summed E-state index contributed by atoms with van der Waals surface area (Å²) in [6.45, 7) is 3.42. The summed E-state index contributed by atoms with van der Waals surface area (Å²) in [5.41, 5.74) is 0. The van der Waals surface area contributed by atoms with Crippen molar-refractivity contribution in [1.82, 2.24) is 0 Å². The van der Waals surface area contributed by atoms with Crippen LogP contribution in [0.5, 0.6) is 0 Å². The predicted octanol–water partition coefficient (Wildman–Crippen LogP) is 1.91. The third kappa shape index (κ3) is 5.93. The van der Waals surface area contributed by atoms with Crippen molar-refractivity contribution in [2.45, 2.75) is 32.7 Å². The van der Waals surface area contributed by atoms with Crippen LogP contribution in [0.2, 0.25) is 0 Å². The molecule has 0 aliphatic rings. The number of alkyl halides is 3. The fourth-order valence-corrected chi connectivity index (χ4v) is 0.818. The van der Waals surface area contributed by atoms with Crippen molar-refractivity contribution in [3.8, 4) is 0 Å². The number of Topliss-reactive ketones (excluding diaryl/α,β-unsaturated/α-hetero) is 1. The molecule has 3 nitrogen and oxygen atoms in total. The lowest BCUT2D eigenvalue weighted by Gasteiger charge is -2.16. The molecule has 0 bridgehead atoms. The van der Waals surface area contributed by atoms with Crippen molar-refractivity contribution >= 4 is 5.78 Å². The first-order chi connectivity index (χ1) is 6.40. The van der Waals surface area contributed by atoms with Gasteiger partial charge in [0.05, 0.1) is 0 Å². The molecule has 0 aromatic carbocycles. The average molecular weight is 214 g/mol. The highest BCUT2D eigenvalue weighted by atomic mass is 19.4. The van der Waals surface area contributed by atoms with Crippen molar-refractivity contribution < 1.29 is 27.4 Å². The molecule has 0 aromatic heterocycles. The second kappa shape index (κ2) is 5.98. The van der Waals surface area contributed by atoms with Gasteiger partial charge in [-0.2, -0.15) is 13.2 Å². The van der Waals surface area contributed by atoms with E-state index in [9.17, 15) is 18.0 Å². The SMILES string of the molecule is CCOC(OCC)C(=O)CC(F)(F)F. The van der Waals surface area contributed by atoms with Gasteiger partial charge >= 0.3 is 6.18 Å². The molecule has 0 atom stereocenters. The Bertz CT molecular complexity index is 173. The van der Waals surface area contributed by atoms with Crippen LogP contribution in [0.1, 0.15) is 20.3 Å². The average Bonchev–Trinajstić information content (AvgIpc) is 2.01. The lowest BCUT2D eigenvalue weighted by molar-refractivity contribution is -0.186. The lowest BCUT2D eigenvalue weighted by Crippen LogP contribution is -2.31. The molecule has 0 heterocycles. The number of carbonyl (C=O) groups excluding carboxylic acids is 1. The zero-order valence-electron chi connectivity index (χ0n) is 8.06. The van der Waals surface area contributed by atoms with E-state index < -0.39 is 24.7 Å². The molecule has 14 heavy (non-hydrogen) atoms. The third-order valence-electron chi connectivity index (χ3n) is 1.27. The van der Waals surface area contributed by atoms with Gasteiger partial charge in [0, 0.05) is 13.2 Å². The molecular weight excluding hydrogens is 201 g/mol. The van der Waals surface area contributed by atoms with Crippen LogP contribution in [0.25, 0.3) is 0 Å². The number of halogens is 3. The normalized spacial score (nSPS) is 12.1. The minimum atomic E-state index is -4.51. The molecule has 0 aromatic rings. The summed E-state index contributed by atoms with van der Waals surface area (Å²) in [5, 5.41) is 0. The van der Waals surface area contributed by atoms with Crippen LogP contribution in [-0.2, 0) is 14.3 Å². The van der Waals surface area contributed by atoms with Gasteiger partial charge in [0.15, 0.2) is 5.78 Å². The molecule has 84 valence electrons. The van der Waals surface area contributed by atoms with Gasteiger partial charge in [0.1, 0.15) is 6.42 Å². The van der Waals surface area contributed by atoms with Gasteiger partial charge in [0.2, 0.25) is 6.29 Å². The molecule has 0 saturated heterocycles. The Kier molecular flexibility index (Phi) is 5.71. The van der Waals surface area contributed by atoms with Crippen LogP contribution in [-0.4, -0.2) is 31.5 Å².